The minimum Gasteiger partial charge on any atom is -0.276 e. The van der Waals surface area contributed by atoms with Crippen LogP contribution in [0.3, 0.4) is 0 Å². The maximum absolute atomic E-state index is 12.0. The minimum absolute atomic E-state index is 0.0313. The van der Waals surface area contributed by atoms with Crippen LogP contribution in [0.1, 0.15) is 10.4 Å². The molecule has 0 unspecified atom stereocenters. The zero-order chi connectivity index (χ0) is 12.4. The molecule has 0 atom stereocenters. The van der Waals surface area contributed by atoms with Crippen molar-refractivity contribution in [2.45, 2.75) is 6.42 Å². The smallest absolute Gasteiger partial charge is 0.236 e. The number of nitrogens with zero attached hydrogens (tertiary/aromatic N) is 2. The molecule has 0 aliphatic rings. The van der Waals surface area contributed by atoms with E-state index in [0.717, 1.165) is 16.3 Å². The van der Waals surface area contributed by atoms with Gasteiger partial charge in [0.05, 0.1) is 6.42 Å². The van der Waals surface area contributed by atoms with E-state index in [-0.39, 0.29) is 5.91 Å². The molecule has 0 aliphatic carbocycles. The second kappa shape index (κ2) is 4.45. The van der Waals surface area contributed by atoms with E-state index in [9.17, 15) is 4.79 Å². The van der Waals surface area contributed by atoms with Crippen LogP contribution in [0.25, 0.3) is 10.8 Å². The Labute approximate surface area is 105 Å². The molecule has 0 saturated carbocycles. The topological polar surface area (TPSA) is 34.9 Å². The van der Waals surface area contributed by atoms with Crippen molar-refractivity contribution < 1.29 is 4.79 Å². The minimum atomic E-state index is 0.0313. The lowest BCUT2D eigenvalue weighted by molar-refractivity contribution is 0.0914. The van der Waals surface area contributed by atoms with Gasteiger partial charge in [-0.25, -0.2) is 4.98 Å². The van der Waals surface area contributed by atoms with Gasteiger partial charge < -0.3 is 0 Å². The summed E-state index contributed by atoms with van der Waals surface area (Å²) in [6.45, 7) is 0. The lowest BCUT2D eigenvalue weighted by Crippen LogP contribution is -2.11. The van der Waals surface area contributed by atoms with E-state index in [1.54, 1.807) is 12.4 Å². The molecule has 1 aromatic heterocycles. The number of carbonyl (C=O) groups excluding carboxylic acids is 1. The molecule has 2 aromatic carbocycles. The summed E-state index contributed by atoms with van der Waals surface area (Å²) in [6.07, 6.45) is 5.21. The second-order valence-electron chi connectivity index (χ2n) is 4.18. The third kappa shape index (κ3) is 1.91. The molecule has 3 nitrogen and oxygen atoms in total. The van der Waals surface area contributed by atoms with Crippen molar-refractivity contribution in [3.8, 4) is 0 Å². The van der Waals surface area contributed by atoms with E-state index in [4.69, 9.17) is 0 Å². The lowest BCUT2D eigenvalue weighted by atomic mass is 10.0. The van der Waals surface area contributed by atoms with E-state index in [0.29, 0.717) is 6.42 Å². The fourth-order valence-corrected chi connectivity index (χ4v) is 2.11. The van der Waals surface area contributed by atoms with Gasteiger partial charge in [0.25, 0.3) is 0 Å². The van der Waals surface area contributed by atoms with Gasteiger partial charge in [-0.1, -0.05) is 42.5 Å². The molecule has 0 N–H and O–H groups in total. The quantitative estimate of drug-likeness (QED) is 0.685. The van der Waals surface area contributed by atoms with E-state index < -0.39 is 0 Å². The third-order valence-corrected chi connectivity index (χ3v) is 3.01. The zero-order valence-electron chi connectivity index (χ0n) is 9.78. The lowest BCUT2D eigenvalue weighted by Gasteiger charge is -2.06. The van der Waals surface area contributed by atoms with Crippen LogP contribution in [0, 0.1) is 0 Å². The van der Waals surface area contributed by atoms with Crippen molar-refractivity contribution in [2.24, 2.45) is 0 Å². The SMILES string of the molecule is O=C(Cc1cccc2ccccc12)n1ccnc1. The van der Waals surface area contributed by atoms with Crippen LogP contribution >= 0.6 is 0 Å². The molecule has 1 heterocycles. The van der Waals surface area contributed by atoms with Crippen LogP contribution in [-0.4, -0.2) is 15.5 Å². The number of benzene rings is 2. The summed E-state index contributed by atoms with van der Waals surface area (Å²) >= 11 is 0. The van der Waals surface area contributed by atoms with E-state index in [1.807, 2.05) is 30.3 Å². The molecular formula is C15H12N2O. The first-order chi connectivity index (χ1) is 8.84. The summed E-state index contributed by atoms with van der Waals surface area (Å²) in [6, 6.07) is 14.1. The first-order valence-electron chi connectivity index (χ1n) is 5.82. The highest BCUT2D eigenvalue weighted by Crippen LogP contribution is 2.19. The van der Waals surface area contributed by atoms with Gasteiger partial charge in [0.2, 0.25) is 5.91 Å². The van der Waals surface area contributed by atoms with Gasteiger partial charge in [-0.3, -0.25) is 9.36 Å². The van der Waals surface area contributed by atoms with Crippen molar-refractivity contribution in [2.75, 3.05) is 0 Å². The Hall–Kier alpha value is -2.42. The van der Waals surface area contributed by atoms with Crippen LogP contribution < -0.4 is 0 Å². The highest BCUT2D eigenvalue weighted by atomic mass is 16.2. The van der Waals surface area contributed by atoms with Crippen molar-refractivity contribution in [3.63, 3.8) is 0 Å². The molecule has 0 radical (unpaired) electrons. The van der Waals surface area contributed by atoms with Crippen molar-refractivity contribution in [1.29, 1.82) is 0 Å². The van der Waals surface area contributed by atoms with Crippen LogP contribution in [0.5, 0.6) is 0 Å². The van der Waals surface area contributed by atoms with Crippen LogP contribution in [-0.2, 0) is 6.42 Å². The predicted molar refractivity (Wildman–Crippen MR) is 70.5 cm³/mol. The Morgan fingerprint density at radius 1 is 1.11 bits per heavy atom. The van der Waals surface area contributed by atoms with Crippen LogP contribution in [0.15, 0.2) is 61.2 Å². The first-order valence-corrected chi connectivity index (χ1v) is 5.82. The summed E-state index contributed by atoms with van der Waals surface area (Å²) in [5, 5.41) is 2.29. The van der Waals surface area contributed by atoms with Gasteiger partial charge in [-0.05, 0) is 16.3 Å². The normalized spacial score (nSPS) is 10.7. The molecule has 3 rings (SSSR count). The summed E-state index contributed by atoms with van der Waals surface area (Å²) < 4.78 is 1.52. The largest absolute Gasteiger partial charge is 0.276 e. The van der Waals surface area contributed by atoms with E-state index in [2.05, 4.69) is 17.1 Å². The Kier molecular flexibility index (Phi) is 2.65. The molecule has 0 saturated heterocycles. The molecule has 0 amide bonds. The Bertz CT molecular complexity index is 681. The highest BCUT2D eigenvalue weighted by molar-refractivity contribution is 5.90. The second-order valence-corrected chi connectivity index (χ2v) is 4.18. The average molecular weight is 236 g/mol. The molecule has 0 spiro atoms. The van der Waals surface area contributed by atoms with Gasteiger partial charge in [0.15, 0.2) is 0 Å². The Morgan fingerprint density at radius 2 is 1.94 bits per heavy atom. The van der Waals surface area contributed by atoms with Gasteiger partial charge in [0.1, 0.15) is 6.33 Å². The van der Waals surface area contributed by atoms with Gasteiger partial charge in [0, 0.05) is 12.4 Å². The Balaban J connectivity index is 1.98. The number of carbonyl (C=O) groups is 1. The summed E-state index contributed by atoms with van der Waals surface area (Å²) in [4.78, 5) is 15.9. The molecule has 0 fully saturated rings. The molecule has 88 valence electrons. The third-order valence-electron chi connectivity index (χ3n) is 3.01. The number of hydrogen-bond donors (Lipinski definition) is 0. The average Bonchev–Trinajstić information content (AvgIpc) is 2.93. The maximum Gasteiger partial charge on any atom is 0.236 e. The maximum atomic E-state index is 12.0. The van der Waals surface area contributed by atoms with Crippen LogP contribution in [0.2, 0.25) is 0 Å². The van der Waals surface area contributed by atoms with Crippen LogP contribution in [0.4, 0.5) is 0 Å². The summed E-state index contributed by atoms with van der Waals surface area (Å²) in [5.74, 6) is 0.0313. The predicted octanol–water partition coefficient (Wildman–Crippen LogP) is 2.92. The van der Waals surface area contributed by atoms with Gasteiger partial charge >= 0.3 is 0 Å². The zero-order valence-corrected chi connectivity index (χ0v) is 9.78. The fraction of sp³-hybridized carbons (Fsp3) is 0.0667. The number of hydrogen-bond acceptors (Lipinski definition) is 2. The van der Waals surface area contributed by atoms with Gasteiger partial charge in [-0.2, -0.15) is 0 Å². The highest BCUT2D eigenvalue weighted by Gasteiger charge is 2.08. The molecule has 3 aromatic rings. The number of aromatic nitrogens is 2. The number of imidazole rings is 1. The van der Waals surface area contributed by atoms with E-state index in [1.165, 1.54) is 10.9 Å². The van der Waals surface area contributed by atoms with Gasteiger partial charge in [-0.15, -0.1) is 0 Å². The standard InChI is InChI=1S/C15H12N2O/c18-15(17-9-8-16-11-17)10-13-6-3-5-12-4-1-2-7-14(12)13/h1-9,11H,10H2. The first kappa shape index (κ1) is 10.7. The summed E-state index contributed by atoms with van der Waals surface area (Å²) in [7, 11) is 0. The number of rotatable bonds is 2. The van der Waals surface area contributed by atoms with Crippen molar-refractivity contribution >= 4 is 16.7 Å². The van der Waals surface area contributed by atoms with Crippen molar-refractivity contribution in [1.82, 2.24) is 9.55 Å². The van der Waals surface area contributed by atoms with Crippen molar-refractivity contribution in [3.05, 3.63) is 66.7 Å². The molecule has 0 aliphatic heterocycles. The molecule has 18 heavy (non-hydrogen) atoms. The molecular weight excluding hydrogens is 224 g/mol. The molecule has 0 bridgehead atoms. The summed E-state index contributed by atoms with van der Waals surface area (Å²) in [5.41, 5.74) is 1.05. The molecule has 3 heteroatoms. The number of fused-ring (bicyclic) bond motifs is 1. The van der Waals surface area contributed by atoms with E-state index >= 15 is 0 Å². The Morgan fingerprint density at radius 3 is 2.78 bits per heavy atom. The monoisotopic (exact) mass is 236 g/mol. The fourth-order valence-electron chi connectivity index (χ4n) is 2.11.